The fraction of sp³-hybridized carbons (Fsp3) is 0.158. The van der Waals surface area contributed by atoms with Gasteiger partial charge in [0, 0.05) is 36.6 Å². The molecule has 2 heterocycles. The molecule has 0 amide bonds. The first-order valence-corrected chi connectivity index (χ1v) is 9.70. The summed E-state index contributed by atoms with van der Waals surface area (Å²) in [6.07, 6.45) is 1.78. The first kappa shape index (κ1) is 17.8. The van der Waals surface area contributed by atoms with Crippen molar-refractivity contribution >= 4 is 10.0 Å². The highest BCUT2D eigenvalue weighted by molar-refractivity contribution is 7.89. The highest BCUT2D eigenvalue weighted by atomic mass is 32.2. The number of nitrogens with zero attached hydrogens (tertiary/aromatic N) is 2. The molecule has 0 N–H and O–H groups in total. The average molecular weight is 392 g/mol. The Morgan fingerprint density at radius 1 is 0.889 bits per heavy atom. The van der Waals surface area contributed by atoms with E-state index in [1.165, 1.54) is 18.2 Å². The molecule has 8 heteroatoms. The van der Waals surface area contributed by atoms with Crippen LogP contribution < -0.4 is 0 Å². The van der Waals surface area contributed by atoms with Crippen molar-refractivity contribution < 1.29 is 21.6 Å². The maximum atomic E-state index is 14.5. The summed E-state index contributed by atoms with van der Waals surface area (Å²) in [5.74, 6) is -2.61. The quantitative estimate of drug-likeness (QED) is 0.682. The monoisotopic (exact) mass is 392 g/mol. The minimum atomic E-state index is -4.33. The molecule has 4 nitrogen and oxygen atoms in total. The van der Waals surface area contributed by atoms with E-state index < -0.39 is 38.4 Å². The Kier molecular flexibility index (Phi) is 4.32. The molecular weight excluding hydrogens is 377 g/mol. The molecule has 1 aliphatic rings. The topological polar surface area (TPSA) is 42.3 Å². The lowest BCUT2D eigenvalue weighted by Crippen LogP contribution is -2.42. The van der Waals surface area contributed by atoms with E-state index in [9.17, 15) is 21.6 Å². The minimum absolute atomic E-state index is 0.0276. The van der Waals surface area contributed by atoms with E-state index in [0.717, 1.165) is 16.4 Å². The van der Waals surface area contributed by atoms with Crippen LogP contribution in [0.3, 0.4) is 0 Å². The maximum absolute atomic E-state index is 14.5. The summed E-state index contributed by atoms with van der Waals surface area (Å²) >= 11 is 0. The SMILES string of the molecule is O=S(=O)(c1ccc(F)cc1F)N1CCn2cccc2[C@H]1c1ccccc1F. The van der Waals surface area contributed by atoms with Gasteiger partial charge in [0.2, 0.25) is 10.0 Å². The smallest absolute Gasteiger partial charge is 0.246 e. The van der Waals surface area contributed by atoms with E-state index in [1.807, 2.05) is 4.57 Å². The second kappa shape index (κ2) is 6.54. The Hall–Kier alpha value is -2.58. The molecule has 27 heavy (non-hydrogen) atoms. The van der Waals surface area contributed by atoms with E-state index in [1.54, 1.807) is 24.4 Å². The van der Waals surface area contributed by atoms with Gasteiger partial charge in [0.15, 0.2) is 0 Å². The Bertz CT molecular complexity index is 1110. The lowest BCUT2D eigenvalue weighted by molar-refractivity contribution is 0.292. The highest BCUT2D eigenvalue weighted by Gasteiger charge is 2.39. The number of rotatable bonds is 3. The predicted molar refractivity (Wildman–Crippen MR) is 92.9 cm³/mol. The summed E-state index contributed by atoms with van der Waals surface area (Å²) in [4.78, 5) is -0.634. The van der Waals surface area contributed by atoms with Gasteiger partial charge in [-0.1, -0.05) is 18.2 Å². The predicted octanol–water partition coefficient (Wildman–Crippen LogP) is 3.70. The standard InChI is InChI=1S/C19H15F3N2O2S/c20-13-7-8-18(16(22)12-13)27(25,26)24-11-10-23-9-3-6-17(23)19(24)14-4-1-2-5-15(14)21/h1-9,12,19H,10-11H2/t19-/m1/s1. The van der Waals surface area contributed by atoms with Crippen molar-refractivity contribution in [3.05, 3.63) is 89.5 Å². The molecule has 0 unspecified atom stereocenters. The number of halogens is 3. The van der Waals surface area contributed by atoms with Crippen LogP contribution in [-0.4, -0.2) is 23.8 Å². The zero-order valence-corrected chi connectivity index (χ0v) is 14.8. The second-order valence-electron chi connectivity index (χ2n) is 6.24. The molecule has 3 aromatic rings. The first-order chi connectivity index (χ1) is 12.9. The summed E-state index contributed by atoms with van der Waals surface area (Å²) in [7, 11) is -4.33. The molecule has 0 radical (unpaired) electrons. The molecule has 4 rings (SSSR count). The van der Waals surface area contributed by atoms with E-state index in [-0.39, 0.29) is 12.1 Å². The molecule has 1 atom stereocenters. The third-order valence-corrected chi connectivity index (χ3v) is 6.57. The normalized spacial score (nSPS) is 17.7. The Morgan fingerprint density at radius 2 is 1.67 bits per heavy atom. The van der Waals surface area contributed by atoms with Gasteiger partial charge < -0.3 is 4.57 Å². The number of aromatic nitrogens is 1. The van der Waals surface area contributed by atoms with Crippen molar-refractivity contribution in [2.45, 2.75) is 17.5 Å². The van der Waals surface area contributed by atoms with Gasteiger partial charge in [-0.05, 0) is 30.3 Å². The fourth-order valence-electron chi connectivity index (χ4n) is 3.44. The van der Waals surface area contributed by atoms with Gasteiger partial charge in [0.05, 0.1) is 6.04 Å². The molecule has 140 valence electrons. The summed E-state index contributed by atoms with van der Waals surface area (Å²) in [6, 6.07) is 10.7. The van der Waals surface area contributed by atoms with Crippen LogP contribution in [0.15, 0.2) is 65.7 Å². The lowest BCUT2D eigenvalue weighted by atomic mass is 10.0. The van der Waals surface area contributed by atoms with Gasteiger partial charge >= 0.3 is 0 Å². The van der Waals surface area contributed by atoms with Crippen LogP contribution in [-0.2, 0) is 16.6 Å². The number of fused-ring (bicyclic) bond motifs is 1. The van der Waals surface area contributed by atoms with E-state index >= 15 is 0 Å². The summed E-state index contributed by atoms with van der Waals surface area (Å²) in [6.45, 7) is 0.370. The van der Waals surface area contributed by atoms with Crippen LogP contribution >= 0.6 is 0 Å². The van der Waals surface area contributed by atoms with Gasteiger partial charge in [-0.3, -0.25) is 0 Å². The van der Waals surface area contributed by atoms with Crippen LogP contribution in [0.4, 0.5) is 13.2 Å². The van der Waals surface area contributed by atoms with Crippen LogP contribution in [0.1, 0.15) is 17.3 Å². The zero-order valence-electron chi connectivity index (χ0n) is 14.0. The molecule has 0 spiro atoms. The molecular formula is C19H15F3N2O2S. The molecule has 0 saturated carbocycles. The van der Waals surface area contributed by atoms with E-state index in [0.29, 0.717) is 18.3 Å². The van der Waals surface area contributed by atoms with Gasteiger partial charge in [-0.15, -0.1) is 0 Å². The maximum Gasteiger partial charge on any atom is 0.246 e. The van der Waals surface area contributed by atoms with E-state index in [2.05, 4.69) is 0 Å². The summed E-state index contributed by atoms with van der Waals surface area (Å²) < 4.78 is 71.2. The Balaban J connectivity index is 1.89. The van der Waals surface area contributed by atoms with Gasteiger partial charge in [-0.25, -0.2) is 21.6 Å². The van der Waals surface area contributed by atoms with Crippen LogP contribution in [0.2, 0.25) is 0 Å². The van der Waals surface area contributed by atoms with Crippen LogP contribution in [0.25, 0.3) is 0 Å². The number of benzene rings is 2. The van der Waals surface area contributed by atoms with Crippen molar-refractivity contribution in [3.8, 4) is 0 Å². The molecule has 0 fully saturated rings. The Morgan fingerprint density at radius 3 is 2.41 bits per heavy atom. The fourth-order valence-corrected chi connectivity index (χ4v) is 5.06. The summed E-state index contributed by atoms with van der Waals surface area (Å²) in [5, 5.41) is 0. The van der Waals surface area contributed by atoms with Crippen molar-refractivity contribution in [1.82, 2.24) is 8.87 Å². The molecule has 2 aromatic carbocycles. The molecule has 0 aliphatic carbocycles. The third-order valence-electron chi connectivity index (χ3n) is 4.67. The van der Waals surface area contributed by atoms with E-state index in [4.69, 9.17) is 0 Å². The molecule has 0 bridgehead atoms. The zero-order chi connectivity index (χ0) is 19.2. The highest BCUT2D eigenvalue weighted by Crippen LogP contribution is 2.37. The minimum Gasteiger partial charge on any atom is -0.348 e. The molecule has 1 aromatic heterocycles. The summed E-state index contributed by atoms with van der Waals surface area (Å²) in [5.41, 5.74) is 0.751. The molecule has 1 aliphatic heterocycles. The third kappa shape index (κ3) is 2.94. The van der Waals surface area contributed by atoms with Crippen molar-refractivity contribution in [2.75, 3.05) is 6.54 Å². The largest absolute Gasteiger partial charge is 0.348 e. The number of hydrogen-bond acceptors (Lipinski definition) is 2. The second-order valence-corrected chi connectivity index (χ2v) is 8.10. The van der Waals surface area contributed by atoms with Crippen molar-refractivity contribution in [2.24, 2.45) is 0 Å². The number of hydrogen-bond donors (Lipinski definition) is 0. The van der Waals surface area contributed by atoms with Crippen molar-refractivity contribution in [1.29, 1.82) is 0 Å². The molecule has 0 saturated heterocycles. The van der Waals surface area contributed by atoms with Crippen molar-refractivity contribution in [3.63, 3.8) is 0 Å². The van der Waals surface area contributed by atoms with Crippen LogP contribution in [0, 0.1) is 17.5 Å². The average Bonchev–Trinajstić information content (AvgIpc) is 3.10. The first-order valence-electron chi connectivity index (χ1n) is 8.26. The number of sulfonamides is 1. The van der Waals surface area contributed by atoms with Gasteiger partial charge in [0.25, 0.3) is 0 Å². The lowest BCUT2D eigenvalue weighted by Gasteiger charge is -2.36. The Labute approximate surface area is 154 Å². The van der Waals surface area contributed by atoms with Gasteiger partial charge in [0.1, 0.15) is 22.3 Å². The van der Waals surface area contributed by atoms with Crippen LogP contribution in [0.5, 0.6) is 0 Å². The van der Waals surface area contributed by atoms with Gasteiger partial charge in [-0.2, -0.15) is 4.31 Å².